The van der Waals surface area contributed by atoms with Crippen molar-refractivity contribution in [1.29, 1.82) is 0 Å². The van der Waals surface area contributed by atoms with E-state index in [1.807, 2.05) is 24.3 Å². The normalized spacial score (nSPS) is 12.4. The van der Waals surface area contributed by atoms with Gasteiger partial charge in [0.1, 0.15) is 18.5 Å². The Kier molecular flexibility index (Phi) is 6.40. The van der Waals surface area contributed by atoms with Gasteiger partial charge in [-0.3, -0.25) is 0 Å². The van der Waals surface area contributed by atoms with Crippen LogP contribution in [0.15, 0.2) is 28.7 Å². The molecule has 0 aromatic heterocycles. The second-order valence-corrected chi connectivity index (χ2v) is 4.33. The summed E-state index contributed by atoms with van der Waals surface area (Å²) in [7, 11) is 0. The first-order chi connectivity index (χ1) is 7.72. The number of ether oxygens (including phenoxy) is 1. The summed E-state index contributed by atoms with van der Waals surface area (Å²) in [5, 5.41) is 12.6. The van der Waals surface area contributed by atoms with E-state index in [4.69, 9.17) is 10.5 Å². The highest BCUT2D eigenvalue weighted by atomic mass is 79.9. The van der Waals surface area contributed by atoms with Crippen LogP contribution in [0.2, 0.25) is 0 Å². The molecule has 1 rings (SSSR count). The van der Waals surface area contributed by atoms with E-state index in [-0.39, 0.29) is 6.61 Å². The van der Waals surface area contributed by atoms with Gasteiger partial charge < -0.3 is 20.9 Å². The number of nitrogens with two attached hydrogens (primary N) is 1. The zero-order valence-corrected chi connectivity index (χ0v) is 10.6. The summed E-state index contributed by atoms with van der Waals surface area (Å²) in [6, 6.07) is 7.50. The third kappa shape index (κ3) is 5.46. The average molecular weight is 289 g/mol. The largest absolute Gasteiger partial charge is 0.491 e. The fourth-order valence-corrected chi connectivity index (χ4v) is 1.42. The van der Waals surface area contributed by atoms with Gasteiger partial charge in [0, 0.05) is 24.1 Å². The molecule has 0 radical (unpaired) electrons. The van der Waals surface area contributed by atoms with E-state index in [0.717, 1.165) is 10.2 Å². The van der Waals surface area contributed by atoms with Crippen LogP contribution in [0.1, 0.15) is 0 Å². The molecule has 1 unspecified atom stereocenters. The van der Waals surface area contributed by atoms with Crippen LogP contribution in [0.4, 0.5) is 0 Å². The van der Waals surface area contributed by atoms with Gasteiger partial charge >= 0.3 is 0 Å². The van der Waals surface area contributed by atoms with E-state index in [0.29, 0.717) is 19.6 Å². The lowest BCUT2D eigenvalue weighted by Crippen LogP contribution is -2.34. The quantitative estimate of drug-likeness (QED) is 0.648. The molecule has 0 fully saturated rings. The summed E-state index contributed by atoms with van der Waals surface area (Å²) in [4.78, 5) is 0. The van der Waals surface area contributed by atoms with Crippen molar-refractivity contribution in [2.45, 2.75) is 6.10 Å². The van der Waals surface area contributed by atoms with Gasteiger partial charge in [-0.15, -0.1) is 0 Å². The van der Waals surface area contributed by atoms with Gasteiger partial charge in [0.15, 0.2) is 0 Å². The van der Waals surface area contributed by atoms with Gasteiger partial charge in [-0.2, -0.15) is 0 Å². The number of aliphatic hydroxyl groups is 1. The minimum absolute atomic E-state index is 0.277. The molecule has 0 aliphatic heterocycles. The lowest BCUT2D eigenvalue weighted by molar-refractivity contribution is 0.107. The van der Waals surface area contributed by atoms with Crippen molar-refractivity contribution >= 4 is 15.9 Å². The predicted octanol–water partition coefficient (Wildman–Crippen LogP) is 0.737. The van der Waals surface area contributed by atoms with E-state index < -0.39 is 6.10 Å². The molecular weight excluding hydrogens is 272 g/mol. The lowest BCUT2D eigenvalue weighted by Gasteiger charge is -2.12. The summed E-state index contributed by atoms with van der Waals surface area (Å²) in [5.41, 5.74) is 5.31. The van der Waals surface area contributed by atoms with Crippen LogP contribution < -0.4 is 15.8 Å². The zero-order chi connectivity index (χ0) is 11.8. The maximum Gasteiger partial charge on any atom is 0.119 e. The molecule has 0 bridgehead atoms. The second kappa shape index (κ2) is 7.62. The van der Waals surface area contributed by atoms with E-state index in [1.165, 1.54) is 0 Å². The van der Waals surface area contributed by atoms with Gasteiger partial charge in [-0.25, -0.2) is 0 Å². The molecular formula is C11H17BrN2O2. The molecule has 4 N–H and O–H groups in total. The van der Waals surface area contributed by atoms with Crippen molar-refractivity contribution in [2.24, 2.45) is 5.73 Å². The van der Waals surface area contributed by atoms with Crippen molar-refractivity contribution in [3.63, 3.8) is 0 Å². The fourth-order valence-electron chi connectivity index (χ4n) is 1.15. The van der Waals surface area contributed by atoms with Crippen LogP contribution in [0, 0.1) is 0 Å². The zero-order valence-electron chi connectivity index (χ0n) is 9.03. The van der Waals surface area contributed by atoms with E-state index in [2.05, 4.69) is 21.2 Å². The predicted molar refractivity (Wildman–Crippen MR) is 67.6 cm³/mol. The molecule has 1 aromatic rings. The minimum atomic E-state index is -0.518. The Morgan fingerprint density at radius 2 is 2.06 bits per heavy atom. The van der Waals surface area contributed by atoms with Crippen molar-refractivity contribution in [1.82, 2.24) is 5.32 Å². The second-order valence-electron chi connectivity index (χ2n) is 3.41. The SMILES string of the molecule is NCCNCC(O)COc1ccc(Br)cc1. The average Bonchev–Trinajstić information content (AvgIpc) is 2.29. The molecule has 0 saturated carbocycles. The van der Waals surface area contributed by atoms with Crippen LogP contribution in [0.3, 0.4) is 0 Å². The van der Waals surface area contributed by atoms with Crippen molar-refractivity contribution in [2.75, 3.05) is 26.2 Å². The summed E-state index contributed by atoms with van der Waals surface area (Å²) >= 11 is 3.34. The van der Waals surface area contributed by atoms with Crippen LogP contribution >= 0.6 is 15.9 Å². The number of hydrogen-bond acceptors (Lipinski definition) is 4. The topological polar surface area (TPSA) is 67.5 Å². The molecule has 16 heavy (non-hydrogen) atoms. The first-order valence-corrected chi connectivity index (χ1v) is 5.99. The molecule has 0 aliphatic carbocycles. The van der Waals surface area contributed by atoms with Gasteiger partial charge in [-0.1, -0.05) is 15.9 Å². The number of benzene rings is 1. The van der Waals surface area contributed by atoms with Crippen molar-refractivity contribution in [3.8, 4) is 5.75 Å². The Morgan fingerprint density at radius 3 is 2.69 bits per heavy atom. The molecule has 4 nitrogen and oxygen atoms in total. The van der Waals surface area contributed by atoms with Crippen LogP contribution in [-0.4, -0.2) is 37.5 Å². The number of halogens is 1. The first-order valence-electron chi connectivity index (χ1n) is 5.19. The van der Waals surface area contributed by atoms with Crippen molar-refractivity contribution < 1.29 is 9.84 Å². The lowest BCUT2D eigenvalue weighted by atomic mass is 10.3. The monoisotopic (exact) mass is 288 g/mol. The molecule has 0 saturated heterocycles. The van der Waals surface area contributed by atoms with Crippen molar-refractivity contribution in [3.05, 3.63) is 28.7 Å². The highest BCUT2D eigenvalue weighted by Crippen LogP contribution is 2.16. The Bertz CT molecular complexity index is 293. The van der Waals surface area contributed by atoms with Crippen LogP contribution in [0.25, 0.3) is 0 Å². The Hall–Kier alpha value is -0.620. The maximum atomic E-state index is 9.55. The standard InChI is InChI=1S/C11H17BrN2O2/c12-9-1-3-11(4-2-9)16-8-10(15)7-14-6-5-13/h1-4,10,14-15H,5-8,13H2. The van der Waals surface area contributed by atoms with Gasteiger partial charge in [0.05, 0.1) is 0 Å². The molecule has 0 heterocycles. The number of hydrogen-bond donors (Lipinski definition) is 3. The summed E-state index contributed by atoms with van der Waals surface area (Å²) in [5.74, 6) is 0.751. The van der Waals surface area contributed by atoms with Crippen LogP contribution in [-0.2, 0) is 0 Å². The Morgan fingerprint density at radius 1 is 1.38 bits per heavy atom. The highest BCUT2D eigenvalue weighted by Gasteiger charge is 2.04. The first kappa shape index (κ1) is 13.4. The summed E-state index contributed by atoms with van der Waals surface area (Å²) in [6.07, 6.45) is -0.518. The maximum absolute atomic E-state index is 9.55. The van der Waals surface area contributed by atoms with E-state index in [1.54, 1.807) is 0 Å². The van der Waals surface area contributed by atoms with Gasteiger partial charge in [0.25, 0.3) is 0 Å². The summed E-state index contributed by atoms with van der Waals surface area (Å²) in [6.45, 7) is 2.04. The smallest absolute Gasteiger partial charge is 0.119 e. The molecule has 5 heteroatoms. The highest BCUT2D eigenvalue weighted by molar-refractivity contribution is 9.10. The molecule has 1 atom stereocenters. The Labute approximate surface area is 104 Å². The molecule has 0 spiro atoms. The molecule has 0 amide bonds. The van der Waals surface area contributed by atoms with Gasteiger partial charge in [-0.05, 0) is 24.3 Å². The van der Waals surface area contributed by atoms with E-state index in [9.17, 15) is 5.11 Å². The molecule has 0 aliphatic rings. The van der Waals surface area contributed by atoms with Crippen LogP contribution in [0.5, 0.6) is 5.75 Å². The number of nitrogens with one attached hydrogen (secondary N) is 1. The molecule has 1 aromatic carbocycles. The van der Waals surface area contributed by atoms with Gasteiger partial charge in [0.2, 0.25) is 0 Å². The minimum Gasteiger partial charge on any atom is -0.491 e. The number of aliphatic hydroxyl groups excluding tert-OH is 1. The third-order valence-corrected chi connectivity index (χ3v) is 2.49. The summed E-state index contributed by atoms with van der Waals surface area (Å²) < 4.78 is 6.42. The third-order valence-electron chi connectivity index (χ3n) is 1.96. The Balaban J connectivity index is 2.20. The van der Waals surface area contributed by atoms with E-state index >= 15 is 0 Å². The number of rotatable bonds is 7. The molecule has 90 valence electrons. The fraction of sp³-hybridized carbons (Fsp3) is 0.455.